The van der Waals surface area contributed by atoms with Crippen molar-refractivity contribution in [3.8, 4) is 0 Å². The molecule has 0 bridgehead atoms. The Kier molecular flexibility index (Phi) is 5.76. The van der Waals surface area contributed by atoms with Gasteiger partial charge >= 0.3 is 0 Å². The van der Waals surface area contributed by atoms with Crippen molar-refractivity contribution in [3.05, 3.63) is 35.3 Å². The zero-order valence-corrected chi connectivity index (χ0v) is 14.1. The molecule has 0 fully saturated rings. The molecule has 0 spiro atoms. The average molecular weight is 341 g/mol. The van der Waals surface area contributed by atoms with Crippen LogP contribution in [-0.2, 0) is 14.8 Å². The Morgan fingerprint density at radius 1 is 1.27 bits per heavy atom. The molecule has 6 nitrogen and oxygen atoms in total. The molecule has 120 valence electrons. The molecule has 0 aromatic carbocycles. The third-order valence-electron chi connectivity index (χ3n) is 2.83. The number of hydrogen-bond acceptors (Lipinski definition) is 6. The van der Waals surface area contributed by atoms with Crippen molar-refractivity contribution in [1.29, 1.82) is 0 Å². The van der Waals surface area contributed by atoms with E-state index in [-0.39, 0.29) is 0 Å². The van der Waals surface area contributed by atoms with Crippen LogP contribution in [0, 0.1) is 6.92 Å². The average Bonchev–Trinajstić information content (AvgIpc) is 2.93. The van der Waals surface area contributed by atoms with Crippen molar-refractivity contribution in [1.82, 2.24) is 4.98 Å². The lowest BCUT2D eigenvalue weighted by molar-refractivity contribution is 0.198. The quantitative estimate of drug-likeness (QED) is 0.722. The van der Waals surface area contributed by atoms with Crippen LogP contribution in [0.25, 0.3) is 0 Å². The monoisotopic (exact) mass is 341 g/mol. The van der Waals surface area contributed by atoms with E-state index >= 15 is 0 Å². The Morgan fingerprint density at radius 3 is 2.68 bits per heavy atom. The normalized spacial score (nSPS) is 11.4. The van der Waals surface area contributed by atoms with Crippen LogP contribution in [0.5, 0.6) is 0 Å². The fourth-order valence-corrected chi connectivity index (χ4v) is 4.08. The summed E-state index contributed by atoms with van der Waals surface area (Å²) < 4.78 is 32.2. The van der Waals surface area contributed by atoms with E-state index in [0.717, 1.165) is 17.8 Å². The number of pyridine rings is 1. The molecule has 0 amide bonds. The van der Waals surface area contributed by atoms with Crippen LogP contribution in [0.3, 0.4) is 0 Å². The first-order valence-electron chi connectivity index (χ1n) is 6.79. The van der Waals surface area contributed by atoms with Gasteiger partial charge < -0.3 is 10.1 Å². The largest absolute Gasteiger partial charge is 0.385 e. The lowest BCUT2D eigenvalue weighted by Gasteiger charge is -2.08. The third-order valence-corrected chi connectivity index (χ3v) is 5.70. The van der Waals surface area contributed by atoms with Gasteiger partial charge in [0.2, 0.25) is 0 Å². The fraction of sp³-hybridized carbons (Fsp3) is 0.357. The SMILES string of the molecule is COCCCNc1ccc(NS(=O)(=O)c2ccc(C)s2)cn1. The zero-order chi connectivity index (χ0) is 16.0. The van der Waals surface area contributed by atoms with E-state index in [1.54, 1.807) is 31.4 Å². The molecular weight excluding hydrogens is 322 g/mol. The van der Waals surface area contributed by atoms with Gasteiger partial charge in [-0.1, -0.05) is 0 Å². The van der Waals surface area contributed by atoms with E-state index in [1.807, 2.05) is 6.92 Å². The summed E-state index contributed by atoms with van der Waals surface area (Å²) in [7, 11) is -1.88. The summed E-state index contributed by atoms with van der Waals surface area (Å²) >= 11 is 1.24. The topological polar surface area (TPSA) is 80.3 Å². The van der Waals surface area contributed by atoms with Gasteiger partial charge in [-0.15, -0.1) is 11.3 Å². The van der Waals surface area contributed by atoms with E-state index in [4.69, 9.17) is 4.74 Å². The van der Waals surface area contributed by atoms with Crippen LogP contribution < -0.4 is 10.0 Å². The van der Waals surface area contributed by atoms with Crippen molar-refractivity contribution >= 4 is 32.9 Å². The molecule has 22 heavy (non-hydrogen) atoms. The third kappa shape index (κ3) is 4.69. The summed E-state index contributed by atoms with van der Waals surface area (Å²) in [5.74, 6) is 0.700. The number of rotatable bonds is 8. The molecule has 0 saturated heterocycles. The molecule has 0 aliphatic heterocycles. The molecule has 0 aliphatic rings. The number of nitrogens with zero attached hydrogens (tertiary/aromatic N) is 1. The van der Waals surface area contributed by atoms with E-state index in [0.29, 0.717) is 22.3 Å². The molecule has 2 N–H and O–H groups in total. The van der Waals surface area contributed by atoms with Gasteiger partial charge in [0.1, 0.15) is 10.0 Å². The van der Waals surface area contributed by atoms with Crippen molar-refractivity contribution in [2.45, 2.75) is 17.6 Å². The van der Waals surface area contributed by atoms with Crippen LogP contribution >= 0.6 is 11.3 Å². The molecule has 2 aromatic rings. The maximum atomic E-state index is 12.2. The molecule has 2 aromatic heterocycles. The minimum Gasteiger partial charge on any atom is -0.385 e. The van der Waals surface area contributed by atoms with Crippen molar-refractivity contribution in [2.24, 2.45) is 0 Å². The Hall–Kier alpha value is -1.64. The van der Waals surface area contributed by atoms with Gasteiger partial charge in [0.05, 0.1) is 11.9 Å². The van der Waals surface area contributed by atoms with Gasteiger partial charge in [-0.05, 0) is 37.6 Å². The summed E-state index contributed by atoms with van der Waals surface area (Å²) in [6.45, 7) is 3.31. The number of anilines is 2. The van der Waals surface area contributed by atoms with Crippen LogP contribution in [0.1, 0.15) is 11.3 Å². The maximum absolute atomic E-state index is 12.2. The molecular formula is C14H19N3O3S2. The minimum atomic E-state index is -3.54. The predicted octanol–water partition coefficient (Wildman–Crippen LogP) is 2.70. The number of nitrogens with one attached hydrogen (secondary N) is 2. The molecule has 8 heteroatoms. The lowest BCUT2D eigenvalue weighted by atomic mass is 10.4. The first-order chi connectivity index (χ1) is 10.5. The van der Waals surface area contributed by atoms with Crippen LogP contribution in [0.2, 0.25) is 0 Å². The standard InChI is InChI=1S/C14H19N3O3S2/c1-11-4-7-14(21-11)22(18,19)17-12-5-6-13(16-10-12)15-8-3-9-20-2/h4-7,10,17H,3,8-9H2,1-2H3,(H,15,16). The molecule has 0 unspecified atom stereocenters. The summed E-state index contributed by atoms with van der Waals surface area (Å²) in [6.07, 6.45) is 2.38. The van der Waals surface area contributed by atoms with Gasteiger partial charge in [-0.3, -0.25) is 4.72 Å². The highest BCUT2D eigenvalue weighted by molar-refractivity contribution is 7.94. The first kappa shape index (κ1) is 16.7. The molecule has 2 heterocycles. The van der Waals surface area contributed by atoms with E-state index in [2.05, 4.69) is 15.0 Å². The number of hydrogen-bond donors (Lipinski definition) is 2. The predicted molar refractivity (Wildman–Crippen MR) is 89.1 cm³/mol. The Bertz CT molecular complexity index is 696. The molecule has 0 radical (unpaired) electrons. The molecule has 0 atom stereocenters. The zero-order valence-electron chi connectivity index (χ0n) is 12.5. The number of aryl methyl sites for hydroxylation is 1. The highest BCUT2D eigenvalue weighted by atomic mass is 32.2. The smallest absolute Gasteiger partial charge is 0.271 e. The highest BCUT2D eigenvalue weighted by Gasteiger charge is 2.16. The Labute approximate surface area is 134 Å². The van der Waals surface area contributed by atoms with Gasteiger partial charge in [-0.25, -0.2) is 13.4 Å². The lowest BCUT2D eigenvalue weighted by Crippen LogP contribution is -2.12. The fourth-order valence-electron chi connectivity index (χ4n) is 1.75. The Balaban J connectivity index is 1.96. The van der Waals surface area contributed by atoms with Crippen LogP contribution in [0.4, 0.5) is 11.5 Å². The maximum Gasteiger partial charge on any atom is 0.271 e. The summed E-state index contributed by atoms with van der Waals surface area (Å²) in [4.78, 5) is 5.14. The van der Waals surface area contributed by atoms with E-state index < -0.39 is 10.0 Å². The van der Waals surface area contributed by atoms with Gasteiger partial charge in [-0.2, -0.15) is 0 Å². The number of sulfonamides is 1. The number of ether oxygens (including phenoxy) is 1. The molecule has 0 saturated carbocycles. The Morgan fingerprint density at radius 2 is 2.09 bits per heavy atom. The van der Waals surface area contributed by atoms with Crippen LogP contribution in [0.15, 0.2) is 34.7 Å². The highest BCUT2D eigenvalue weighted by Crippen LogP contribution is 2.23. The van der Waals surface area contributed by atoms with Gasteiger partial charge in [0.25, 0.3) is 10.0 Å². The number of aromatic nitrogens is 1. The van der Waals surface area contributed by atoms with E-state index in [9.17, 15) is 8.42 Å². The summed E-state index contributed by atoms with van der Waals surface area (Å²) in [5.41, 5.74) is 0.438. The minimum absolute atomic E-state index is 0.298. The summed E-state index contributed by atoms with van der Waals surface area (Å²) in [5, 5.41) is 3.14. The second-order valence-corrected chi connectivity index (χ2v) is 7.87. The number of thiophene rings is 1. The van der Waals surface area contributed by atoms with Crippen molar-refractivity contribution < 1.29 is 13.2 Å². The second kappa shape index (κ2) is 7.57. The first-order valence-corrected chi connectivity index (χ1v) is 9.09. The van der Waals surface area contributed by atoms with E-state index in [1.165, 1.54) is 17.5 Å². The van der Waals surface area contributed by atoms with Crippen LogP contribution in [-0.4, -0.2) is 33.7 Å². The van der Waals surface area contributed by atoms with Crippen molar-refractivity contribution in [3.63, 3.8) is 0 Å². The molecule has 0 aliphatic carbocycles. The molecule has 2 rings (SSSR count). The second-order valence-electron chi connectivity index (χ2n) is 4.68. The van der Waals surface area contributed by atoms with Gasteiger partial charge in [0, 0.05) is 25.1 Å². The summed E-state index contributed by atoms with van der Waals surface area (Å²) in [6, 6.07) is 6.81. The van der Waals surface area contributed by atoms with Gasteiger partial charge in [0.15, 0.2) is 0 Å². The number of methoxy groups -OCH3 is 1. The van der Waals surface area contributed by atoms with Crippen molar-refractivity contribution in [2.75, 3.05) is 30.3 Å².